The van der Waals surface area contributed by atoms with Gasteiger partial charge in [0.1, 0.15) is 0 Å². The van der Waals surface area contributed by atoms with Crippen molar-refractivity contribution in [3.63, 3.8) is 0 Å². The standard InChI is InChI=1S/C27H29Cl2F2NO3S/c28-19-6-4-18(5-7-19)16-32(21-12-14-26(15-13-21)17-27(26,30)31)25(33)23-2-1-3-24(23)36(34,35)22-10-8-20(29)9-11-22/h4-11,21,23-24H,1-3,12-17H2/t21?,23-,24-,26?/m0/s1. The lowest BCUT2D eigenvalue weighted by atomic mass is 9.81. The first-order valence-corrected chi connectivity index (χ1v) is 14.7. The minimum absolute atomic E-state index is 0.0676. The molecule has 0 aliphatic heterocycles. The summed E-state index contributed by atoms with van der Waals surface area (Å²) >= 11 is 12.0. The molecule has 0 heterocycles. The molecule has 3 aliphatic rings. The summed E-state index contributed by atoms with van der Waals surface area (Å²) in [7, 11) is -3.74. The molecule has 2 aromatic carbocycles. The van der Waals surface area contributed by atoms with Crippen molar-refractivity contribution >= 4 is 38.9 Å². The zero-order valence-electron chi connectivity index (χ0n) is 19.8. The molecule has 0 N–H and O–H groups in total. The fourth-order valence-electron chi connectivity index (χ4n) is 6.16. The van der Waals surface area contributed by atoms with E-state index in [1.54, 1.807) is 29.2 Å². The van der Waals surface area contributed by atoms with Gasteiger partial charge in [-0.1, -0.05) is 41.8 Å². The van der Waals surface area contributed by atoms with Crippen molar-refractivity contribution in [1.82, 2.24) is 4.90 Å². The van der Waals surface area contributed by atoms with Crippen LogP contribution in [-0.4, -0.2) is 36.4 Å². The number of sulfone groups is 1. The van der Waals surface area contributed by atoms with Gasteiger partial charge in [-0.3, -0.25) is 4.79 Å². The van der Waals surface area contributed by atoms with E-state index in [0.717, 1.165) is 5.56 Å². The SMILES string of the molecule is O=C([C@H]1CCC[C@@H]1S(=O)(=O)c1ccc(Cl)cc1)N(Cc1ccc(Cl)cc1)C1CCC2(CC1)CC2(F)F. The van der Waals surface area contributed by atoms with E-state index in [-0.39, 0.29) is 23.3 Å². The van der Waals surface area contributed by atoms with Gasteiger partial charge in [0.15, 0.2) is 9.84 Å². The van der Waals surface area contributed by atoms with Gasteiger partial charge < -0.3 is 4.90 Å². The molecule has 3 aliphatic carbocycles. The summed E-state index contributed by atoms with van der Waals surface area (Å²) in [4.78, 5) is 16.0. The van der Waals surface area contributed by atoms with Crippen LogP contribution >= 0.6 is 23.2 Å². The van der Waals surface area contributed by atoms with E-state index in [9.17, 15) is 22.0 Å². The Bertz CT molecular complexity index is 1230. The van der Waals surface area contributed by atoms with Crippen molar-refractivity contribution in [3.05, 3.63) is 64.1 Å². The molecule has 36 heavy (non-hydrogen) atoms. The number of hydrogen-bond donors (Lipinski definition) is 0. The molecule has 0 bridgehead atoms. The summed E-state index contributed by atoms with van der Waals surface area (Å²) in [5, 5.41) is 0.206. The normalized spacial score (nSPS) is 29.3. The van der Waals surface area contributed by atoms with Crippen molar-refractivity contribution in [2.24, 2.45) is 11.3 Å². The van der Waals surface area contributed by atoms with Crippen molar-refractivity contribution in [3.8, 4) is 0 Å². The zero-order chi connectivity index (χ0) is 25.7. The van der Waals surface area contributed by atoms with Crippen molar-refractivity contribution in [2.45, 2.75) is 80.0 Å². The van der Waals surface area contributed by atoms with E-state index < -0.39 is 32.3 Å². The minimum atomic E-state index is -3.74. The number of nitrogens with zero attached hydrogens (tertiary/aromatic N) is 1. The third kappa shape index (κ3) is 4.79. The highest BCUT2D eigenvalue weighted by Crippen LogP contribution is 2.67. The van der Waals surface area contributed by atoms with Gasteiger partial charge in [0.05, 0.1) is 16.1 Å². The minimum Gasteiger partial charge on any atom is -0.335 e. The Hall–Kier alpha value is -1.70. The topological polar surface area (TPSA) is 54.5 Å². The molecule has 3 saturated carbocycles. The highest BCUT2D eigenvalue weighted by atomic mass is 35.5. The highest BCUT2D eigenvalue weighted by Gasteiger charge is 2.70. The average Bonchev–Trinajstić information content (AvgIpc) is 3.16. The Morgan fingerprint density at radius 3 is 2.03 bits per heavy atom. The fourth-order valence-corrected chi connectivity index (χ4v) is 8.43. The van der Waals surface area contributed by atoms with E-state index in [4.69, 9.17) is 23.2 Å². The summed E-state index contributed by atoms with van der Waals surface area (Å²) in [6, 6.07) is 13.1. The van der Waals surface area contributed by atoms with Crippen molar-refractivity contribution in [1.29, 1.82) is 0 Å². The van der Waals surface area contributed by atoms with Gasteiger partial charge in [-0.25, -0.2) is 17.2 Å². The van der Waals surface area contributed by atoms with E-state index >= 15 is 0 Å². The van der Waals surface area contributed by atoms with Gasteiger partial charge in [-0.15, -0.1) is 0 Å². The fraction of sp³-hybridized carbons (Fsp3) is 0.519. The molecule has 194 valence electrons. The van der Waals surface area contributed by atoms with E-state index in [2.05, 4.69) is 0 Å². The molecule has 3 fully saturated rings. The van der Waals surface area contributed by atoms with Crippen molar-refractivity contribution < 1.29 is 22.0 Å². The Morgan fingerprint density at radius 1 is 0.917 bits per heavy atom. The number of rotatable bonds is 6. The lowest BCUT2D eigenvalue weighted by molar-refractivity contribution is -0.139. The van der Waals surface area contributed by atoms with E-state index in [1.807, 2.05) is 12.1 Å². The molecular weight excluding hydrogens is 527 g/mol. The number of carbonyl (C=O) groups excluding carboxylic acids is 1. The van der Waals surface area contributed by atoms with Gasteiger partial charge >= 0.3 is 0 Å². The van der Waals surface area contributed by atoms with Gasteiger partial charge in [-0.05, 0) is 80.5 Å². The van der Waals surface area contributed by atoms with Crippen LogP contribution in [0.15, 0.2) is 53.4 Å². The summed E-state index contributed by atoms with van der Waals surface area (Å²) < 4.78 is 55.0. The molecule has 0 radical (unpaired) electrons. The maximum Gasteiger partial charge on any atom is 0.254 e. The van der Waals surface area contributed by atoms with Crippen LogP contribution in [0.5, 0.6) is 0 Å². The second-order valence-electron chi connectivity index (χ2n) is 10.6. The van der Waals surface area contributed by atoms with E-state index in [1.165, 1.54) is 12.1 Å². The molecular formula is C27H29Cl2F2NO3S. The molecule has 0 aromatic heterocycles. The highest BCUT2D eigenvalue weighted by molar-refractivity contribution is 7.92. The molecule has 2 atom stereocenters. The number of halogens is 4. The second kappa shape index (κ2) is 9.55. The van der Waals surface area contributed by atoms with Crippen LogP contribution < -0.4 is 0 Å². The number of carbonyl (C=O) groups is 1. The molecule has 9 heteroatoms. The van der Waals surface area contributed by atoms with E-state index in [0.29, 0.717) is 61.5 Å². The Labute approximate surface area is 220 Å². The Kier molecular flexibility index (Phi) is 6.88. The molecule has 4 nitrogen and oxygen atoms in total. The monoisotopic (exact) mass is 555 g/mol. The number of amides is 1. The third-order valence-corrected chi connectivity index (χ3v) is 11.2. The predicted octanol–water partition coefficient (Wildman–Crippen LogP) is 6.93. The smallest absolute Gasteiger partial charge is 0.254 e. The second-order valence-corrected chi connectivity index (χ2v) is 13.6. The molecule has 0 saturated heterocycles. The predicted molar refractivity (Wildman–Crippen MR) is 136 cm³/mol. The van der Waals surface area contributed by atoms with Gasteiger partial charge in [0.2, 0.25) is 5.91 Å². The lowest BCUT2D eigenvalue weighted by Gasteiger charge is -2.39. The first-order valence-electron chi connectivity index (χ1n) is 12.4. The summed E-state index contributed by atoms with van der Waals surface area (Å²) in [6.45, 7) is 0.300. The molecule has 0 unspecified atom stereocenters. The molecule has 1 spiro atoms. The van der Waals surface area contributed by atoms with Gasteiger partial charge in [-0.2, -0.15) is 0 Å². The average molecular weight is 557 g/mol. The largest absolute Gasteiger partial charge is 0.335 e. The number of alkyl halides is 2. The van der Waals surface area contributed by atoms with Crippen LogP contribution in [0, 0.1) is 11.3 Å². The van der Waals surface area contributed by atoms with Crippen LogP contribution in [0.25, 0.3) is 0 Å². The van der Waals surface area contributed by atoms with Crippen LogP contribution in [-0.2, 0) is 21.2 Å². The third-order valence-electron chi connectivity index (χ3n) is 8.42. The Morgan fingerprint density at radius 2 is 1.47 bits per heavy atom. The first-order chi connectivity index (χ1) is 17.0. The molecule has 2 aromatic rings. The van der Waals surface area contributed by atoms with Crippen LogP contribution in [0.1, 0.15) is 56.9 Å². The summed E-state index contributed by atoms with van der Waals surface area (Å²) in [5.41, 5.74) is -0.0355. The number of hydrogen-bond acceptors (Lipinski definition) is 3. The van der Waals surface area contributed by atoms with Gasteiger partial charge in [0.25, 0.3) is 5.92 Å². The molecule has 5 rings (SSSR count). The maximum atomic E-state index is 14.0. The van der Waals surface area contributed by atoms with Gasteiger partial charge in [0, 0.05) is 34.5 Å². The summed E-state index contributed by atoms with van der Waals surface area (Å²) in [5.74, 6) is -3.48. The zero-order valence-corrected chi connectivity index (χ0v) is 22.1. The van der Waals surface area contributed by atoms with Crippen LogP contribution in [0.2, 0.25) is 10.0 Å². The first kappa shape index (κ1) is 25.9. The van der Waals surface area contributed by atoms with Crippen molar-refractivity contribution in [2.75, 3.05) is 0 Å². The Balaban J connectivity index is 1.40. The number of benzene rings is 2. The molecule has 1 amide bonds. The maximum absolute atomic E-state index is 14.0. The van der Waals surface area contributed by atoms with Crippen LogP contribution in [0.3, 0.4) is 0 Å². The quantitative estimate of drug-likeness (QED) is 0.388. The lowest BCUT2D eigenvalue weighted by Crippen LogP contribution is -2.47. The van der Waals surface area contributed by atoms with Crippen LogP contribution in [0.4, 0.5) is 8.78 Å². The summed E-state index contributed by atoms with van der Waals surface area (Å²) in [6.07, 6.45) is 3.23.